The fourth-order valence-corrected chi connectivity index (χ4v) is 5.51. The number of hydrogen-bond donors (Lipinski definition) is 2. The maximum Gasteiger partial charge on any atom is 0.293 e. The molecule has 2 fully saturated rings. The predicted molar refractivity (Wildman–Crippen MR) is 133 cm³/mol. The van der Waals surface area contributed by atoms with Crippen LogP contribution in [0.1, 0.15) is 33.6 Å². The molecule has 9 heteroatoms. The van der Waals surface area contributed by atoms with Crippen LogP contribution in [-0.4, -0.2) is 58.4 Å². The normalized spacial score (nSPS) is 26.8. The molecule has 3 heterocycles. The molecule has 2 aliphatic heterocycles. The van der Waals surface area contributed by atoms with Crippen LogP contribution < -0.4 is 21.5 Å². The van der Waals surface area contributed by atoms with Gasteiger partial charge < -0.3 is 25.3 Å². The summed E-state index contributed by atoms with van der Waals surface area (Å²) in [4.78, 5) is 21.6. The Bertz CT molecular complexity index is 1020. The number of hydrogen-bond acceptors (Lipinski definition) is 7. The number of nitrogen functional groups attached to an aromatic ring is 1. The Balaban J connectivity index is 1.45. The van der Waals surface area contributed by atoms with Gasteiger partial charge >= 0.3 is 0 Å². The highest BCUT2D eigenvalue weighted by atomic mass is 79.9. The van der Waals surface area contributed by atoms with Crippen LogP contribution in [0.5, 0.6) is 0 Å². The number of halogens is 1. The quantitative estimate of drug-likeness (QED) is 0.617. The van der Waals surface area contributed by atoms with E-state index in [2.05, 4.69) is 56.8 Å². The molecule has 1 aromatic heterocycles. The summed E-state index contributed by atoms with van der Waals surface area (Å²) in [5, 5.41) is 3.10. The number of piperazine rings is 1. The minimum absolute atomic E-state index is 0.197. The number of rotatable bonds is 4. The monoisotopic (exact) mass is 504 g/mol. The average Bonchev–Trinajstić information content (AvgIpc) is 2.71. The van der Waals surface area contributed by atoms with E-state index in [0.29, 0.717) is 34.6 Å². The van der Waals surface area contributed by atoms with Gasteiger partial charge in [0, 0.05) is 50.6 Å². The Kier molecular flexibility index (Phi) is 6.78. The van der Waals surface area contributed by atoms with Crippen molar-refractivity contribution >= 4 is 38.8 Å². The molecule has 0 radical (unpaired) electrons. The molecule has 1 aromatic carbocycles. The van der Waals surface area contributed by atoms with Gasteiger partial charge in [0.25, 0.3) is 5.56 Å². The summed E-state index contributed by atoms with van der Waals surface area (Å²) < 4.78 is 8.00. The Morgan fingerprint density at radius 2 is 1.91 bits per heavy atom. The molecule has 4 rings (SSSR count). The second-order valence-corrected chi connectivity index (χ2v) is 9.96. The predicted octanol–water partition coefficient (Wildman–Crippen LogP) is 3.34. The first-order chi connectivity index (χ1) is 15.2. The van der Waals surface area contributed by atoms with Gasteiger partial charge in [0.15, 0.2) is 5.82 Å². The van der Waals surface area contributed by atoms with Crippen molar-refractivity contribution < 1.29 is 4.74 Å². The summed E-state index contributed by atoms with van der Waals surface area (Å²) in [6.07, 6.45) is 4.48. The first-order valence-corrected chi connectivity index (χ1v) is 12.1. The van der Waals surface area contributed by atoms with E-state index in [9.17, 15) is 4.79 Å². The largest absolute Gasteiger partial charge is 0.397 e. The molecule has 2 aliphatic rings. The topological polar surface area (TPSA) is 88.7 Å². The molecule has 8 nitrogen and oxygen atoms in total. The molecular weight excluding hydrogens is 472 g/mol. The molecule has 4 atom stereocenters. The third kappa shape index (κ3) is 4.94. The Morgan fingerprint density at radius 3 is 2.56 bits per heavy atom. The third-order valence-electron chi connectivity index (χ3n) is 6.49. The van der Waals surface area contributed by atoms with Gasteiger partial charge in [-0.25, -0.2) is 4.98 Å². The lowest BCUT2D eigenvalue weighted by Crippen LogP contribution is -2.57. The molecule has 0 aliphatic carbocycles. The van der Waals surface area contributed by atoms with Crippen LogP contribution >= 0.6 is 15.9 Å². The number of aryl methyl sites for hydroxylation is 1. The average molecular weight is 505 g/mol. The molecule has 174 valence electrons. The van der Waals surface area contributed by atoms with Crippen LogP contribution in [0.15, 0.2) is 33.8 Å². The molecule has 0 spiro atoms. The molecule has 3 N–H and O–H groups in total. The van der Waals surface area contributed by atoms with Crippen molar-refractivity contribution in [2.24, 2.45) is 7.05 Å². The summed E-state index contributed by atoms with van der Waals surface area (Å²) in [5.41, 5.74) is 8.72. The van der Waals surface area contributed by atoms with Gasteiger partial charge in [-0.15, -0.1) is 0 Å². The maximum atomic E-state index is 12.3. The van der Waals surface area contributed by atoms with E-state index < -0.39 is 0 Å². The van der Waals surface area contributed by atoms with Gasteiger partial charge in [-0.3, -0.25) is 9.69 Å². The molecule has 0 amide bonds. The lowest BCUT2D eigenvalue weighted by molar-refractivity contribution is -0.0673. The summed E-state index contributed by atoms with van der Waals surface area (Å²) in [6, 6.07) is 6.80. The molecule has 2 saturated heterocycles. The van der Waals surface area contributed by atoms with Gasteiger partial charge in [-0.2, -0.15) is 0 Å². The molecule has 2 aromatic rings. The Morgan fingerprint density at radius 1 is 1.19 bits per heavy atom. The third-order valence-corrected chi connectivity index (χ3v) is 6.87. The Labute approximate surface area is 197 Å². The minimum atomic E-state index is -0.197. The fraction of sp³-hybridized carbons (Fsp3) is 0.565. The van der Waals surface area contributed by atoms with Crippen LogP contribution in [0, 0.1) is 0 Å². The van der Waals surface area contributed by atoms with Crippen LogP contribution in [0.25, 0.3) is 0 Å². The van der Waals surface area contributed by atoms with E-state index >= 15 is 0 Å². The van der Waals surface area contributed by atoms with E-state index in [1.165, 1.54) is 4.57 Å². The van der Waals surface area contributed by atoms with Gasteiger partial charge in [0.2, 0.25) is 0 Å². The van der Waals surface area contributed by atoms with E-state index in [-0.39, 0.29) is 11.4 Å². The van der Waals surface area contributed by atoms with Crippen LogP contribution in [0.4, 0.5) is 22.9 Å². The number of aromatic nitrogens is 2. The van der Waals surface area contributed by atoms with E-state index in [1.807, 2.05) is 18.2 Å². The fourth-order valence-electron chi connectivity index (χ4n) is 5.02. The van der Waals surface area contributed by atoms with E-state index in [0.717, 1.165) is 43.9 Å². The van der Waals surface area contributed by atoms with Crippen molar-refractivity contribution in [1.29, 1.82) is 0 Å². The van der Waals surface area contributed by atoms with Crippen LogP contribution in [0.2, 0.25) is 0 Å². The number of benzene rings is 1. The van der Waals surface area contributed by atoms with Gasteiger partial charge in [-0.1, -0.05) is 0 Å². The zero-order valence-electron chi connectivity index (χ0n) is 19.2. The smallest absolute Gasteiger partial charge is 0.293 e. The Hall–Kier alpha value is -2.10. The molecule has 32 heavy (non-hydrogen) atoms. The van der Waals surface area contributed by atoms with Gasteiger partial charge in [0.05, 0.1) is 23.6 Å². The lowest BCUT2D eigenvalue weighted by atomic mass is 9.96. The van der Waals surface area contributed by atoms with Crippen molar-refractivity contribution in [1.82, 2.24) is 14.5 Å². The number of nitrogens with two attached hydrogens (primary N) is 1. The van der Waals surface area contributed by atoms with Crippen LogP contribution in [-0.2, 0) is 11.8 Å². The lowest BCUT2D eigenvalue weighted by Gasteiger charge is -2.47. The first kappa shape index (κ1) is 23.1. The maximum absolute atomic E-state index is 12.3. The molecule has 0 bridgehead atoms. The van der Waals surface area contributed by atoms with Crippen molar-refractivity contribution in [2.75, 3.05) is 35.6 Å². The summed E-state index contributed by atoms with van der Waals surface area (Å²) in [7, 11) is 1.69. The standard InChI is InChI=1S/C23H33BrN6O2/c1-14-12-29(18-9-15(2)32-16(3)10-18)7-8-30(14)20-6-5-17(11-19(20)25)26-22-23(31)28(4)13-21(24)27-22/h5-6,11,13-16,18H,7-10,12,25H2,1-4H3,(H,26,27)/t14-,15-,16+,18?/m0/s1. The number of ether oxygens (including phenoxy) is 1. The zero-order valence-corrected chi connectivity index (χ0v) is 20.8. The minimum Gasteiger partial charge on any atom is -0.397 e. The molecular formula is C23H33BrN6O2. The SMILES string of the molecule is C[C@@H]1CC(N2CCN(c3ccc(Nc4nc(Br)cn(C)c4=O)cc3N)[C@@H](C)C2)C[C@H](C)O1. The second-order valence-electron chi connectivity index (χ2n) is 9.15. The van der Waals surface area contributed by atoms with Gasteiger partial charge in [-0.05, 0) is 67.7 Å². The summed E-state index contributed by atoms with van der Waals surface area (Å²) in [6.45, 7) is 9.59. The van der Waals surface area contributed by atoms with Crippen molar-refractivity contribution in [3.8, 4) is 0 Å². The van der Waals surface area contributed by atoms with Crippen molar-refractivity contribution in [3.05, 3.63) is 39.4 Å². The first-order valence-electron chi connectivity index (χ1n) is 11.3. The van der Waals surface area contributed by atoms with Crippen molar-refractivity contribution in [2.45, 2.75) is 57.9 Å². The number of nitrogens with one attached hydrogen (secondary N) is 1. The summed E-state index contributed by atoms with van der Waals surface area (Å²) >= 11 is 3.33. The van der Waals surface area contributed by atoms with Crippen molar-refractivity contribution in [3.63, 3.8) is 0 Å². The highest BCUT2D eigenvalue weighted by Gasteiger charge is 2.33. The van der Waals surface area contributed by atoms with E-state index in [1.54, 1.807) is 13.2 Å². The highest BCUT2D eigenvalue weighted by molar-refractivity contribution is 9.10. The van der Waals surface area contributed by atoms with E-state index in [4.69, 9.17) is 10.5 Å². The highest BCUT2D eigenvalue weighted by Crippen LogP contribution is 2.32. The van der Waals surface area contributed by atoms with Gasteiger partial charge in [0.1, 0.15) is 4.60 Å². The molecule has 1 unspecified atom stereocenters. The zero-order chi connectivity index (χ0) is 23.0. The summed E-state index contributed by atoms with van der Waals surface area (Å²) in [5.74, 6) is 0.260. The molecule has 0 saturated carbocycles. The van der Waals surface area contributed by atoms with Crippen LogP contribution in [0.3, 0.4) is 0 Å². The number of nitrogens with zero attached hydrogens (tertiary/aromatic N) is 4. The number of anilines is 4. The second kappa shape index (κ2) is 9.41.